The number of aldehydes is 1. The summed E-state index contributed by atoms with van der Waals surface area (Å²) in [7, 11) is 0. The van der Waals surface area contributed by atoms with Crippen molar-refractivity contribution >= 4 is 23.5 Å². The lowest BCUT2D eigenvalue weighted by Crippen LogP contribution is -1.96. The minimum Gasteiger partial charge on any atom is -0.296 e. The van der Waals surface area contributed by atoms with Crippen LogP contribution in [-0.4, -0.2) is 15.7 Å². The number of aryl methyl sites for hydroxylation is 1. The molecule has 0 saturated carbocycles. The number of nitrogens with zero attached hydrogens (tertiary/aromatic N) is 2. The van der Waals surface area contributed by atoms with E-state index in [0.29, 0.717) is 10.8 Å². The largest absolute Gasteiger partial charge is 0.296 e. The predicted molar refractivity (Wildman–Crippen MR) is 59.6 cm³/mol. The van der Waals surface area contributed by atoms with E-state index in [0.717, 1.165) is 30.5 Å². The average molecular weight is 223 g/mol. The predicted octanol–water partition coefficient (Wildman–Crippen LogP) is 2.75. The molecule has 0 spiro atoms. The third-order valence-electron chi connectivity index (χ3n) is 2.32. The molecule has 2 rings (SSSR count). The quantitative estimate of drug-likeness (QED) is 0.591. The van der Waals surface area contributed by atoms with Gasteiger partial charge in [0.15, 0.2) is 6.29 Å². The van der Waals surface area contributed by atoms with Gasteiger partial charge in [-0.25, -0.2) is 4.98 Å². The molecule has 0 amide bonds. The number of carbonyl (C=O) groups excluding carboxylic acids is 1. The number of aromatic nitrogens is 2. The minimum atomic E-state index is 0.491. The van der Waals surface area contributed by atoms with Crippen molar-refractivity contribution < 1.29 is 4.79 Å². The van der Waals surface area contributed by atoms with Gasteiger partial charge in [0.1, 0.15) is 16.5 Å². The minimum absolute atomic E-state index is 0.491. The topological polar surface area (TPSA) is 34.4 Å². The van der Waals surface area contributed by atoms with Gasteiger partial charge in [-0.05, 0) is 18.6 Å². The van der Waals surface area contributed by atoms with Gasteiger partial charge in [0.25, 0.3) is 0 Å². The number of hydrogen-bond donors (Lipinski definition) is 0. The van der Waals surface area contributed by atoms with Crippen LogP contribution in [0, 0.1) is 0 Å². The Morgan fingerprint density at radius 3 is 3.00 bits per heavy atom. The third-order valence-corrected chi connectivity index (χ3v) is 2.62. The Balaban J connectivity index is 2.76. The first-order valence-corrected chi connectivity index (χ1v) is 5.26. The van der Waals surface area contributed by atoms with Gasteiger partial charge in [0, 0.05) is 0 Å². The summed E-state index contributed by atoms with van der Waals surface area (Å²) in [6.07, 6.45) is 2.55. The van der Waals surface area contributed by atoms with Crippen LogP contribution in [0.15, 0.2) is 18.2 Å². The van der Waals surface area contributed by atoms with Crippen molar-refractivity contribution in [3.05, 3.63) is 34.7 Å². The molecule has 4 heteroatoms. The molecule has 0 aliphatic carbocycles. The van der Waals surface area contributed by atoms with Crippen molar-refractivity contribution in [3.63, 3.8) is 0 Å². The molecule has 0 radical (unpaired) electrons. The first-order valence-electron chi connectivity index (χ1n) is 4.89. The van der Waals surface area contributed by atoms with Crippen LogP contribution < -0.4 is 0 Å². The maximum atomic E-state index is 10.9. The summed E-state index contributed by atoms with van der Waals surface area (Å²) in [6, 6.07) is 5.47. The second kappa shape index (κ2) is 4.03. The molecule has 0 aromatic carbocycles. The summed E-state index contributed by atoms with van der Waals surface area (Å²) in [5.41, 5.74) is 2.12. The molecule has 0 aliphatic heterocycles. The first kappa shape index (κ1) is 10.2. The maximum absolute atomic E-state index is 10.9. The SMILES string of the molecule is CCCc1c(C=O)nc2cccc(Cl)n12. The van der Waals surface area contributed by atoms with Gasteiger partial charge >= 0.3 is 0 Å². The fourth-order valence-corrected chi connectivity index (χ4v) is 1.96. The molecule has 2 aromatic rings. The van der Waals surface area contributed by atoms with Crippen molar-refractivity contribution in [1.29, 1.82) is 0 Å². The van der Waals surface area contributed by atoms with Gasteiger partial charge in [-0.2, -0.15) is 0 Å². The number of fused-ring (bicyclic) bond motifs is 1. The number of pyridine rings is 1. The number of rotatable bonds is 3. The third kappa shape index (κ3) is 1.63. The van der Waals surface area contributed by atoms with Crippen molar-refractivity contribution in [2.45, 2.75) is 19.8 Å². The van der Waals surface area contributed by atoms with Crippen molar-refractivity contribution in [1.82, 2.24) is 9.38 Å². The molecule has 0 N–H and O–H groups in total. The van der Waals surface area contributed by atoms with Crippen molar-refractivity contribution in [2.75, 3.05) is 0 Å². The molecule has 3 nitrogen and oxygen atoms in total. The highest BCUT2D eigenvalue weighted by molar-refractivity contribution is 6.29. The molecule has 0 unspecified atom stereocenters. The summed E-state index contributed by atoms with van der Waals surface area (Å²) in [6.45, 7) is 2.06. The summed E-state index contributed by atoms with van der Waals surface area (Å²) in [4.78, 5) is 15.1. The summed E-state index contributed by atoms with van der Waals surface area (Å²) in [5, 5.41) is 0.594. The van der Waals surface area contributed by atoms with Gasteiger partial charge in [-0.3, -0.25) is 9.20 Å². The average Bonchev–Trinajstić information content (AvgIpc) is 2.58. The molecule has 0 bridgehead atoms. The zero-order valence-corrected chi connectivity index (χ0v) is 9.16. The number of hydrogen-bond acceptors (Lipinski definition) is 2. The Morgan fingerprint density at radius 2 is 2.33 bits per heavy atom. The highest BCUT2D eigenvalue weighted by Crippen LogP contribution is 2.19. The Labute approximate surface area is 92.7 Å². The highest BCUT2D eigenvalue weighted by Gasteiger charge is 2.12. The lowest BCUT2D eigenvalue weighted by Gasteiger charge is -2.02. The van der Waals surface area contributed by atoms with E-state index in [1.54, 1.807) is 6.07 Å². The molecule has 2 heterocycles. The first-order chi connectivity index (χ1) is 7.27. The van der Waals surface area contributed by atoms with Crippen LogP contribution in [0.5, 0.6) is 0 Å². The number of carbonyl (C=O) groups is 1. The second-order valence-electron chi connectivity index (χ2n) is 3.35. The van der Waals surface area contributed by atoms with E-state index < -0.39 is 0 Å². The van der Waals surface area contributed by atoms with E-state index >= 15 is 0 Å². The van der Waals surface area contributed by atoms with Crippen LogP contribution >= 0.6 is 11.6 Å². The van der Waals surface area contributed by atoms with Crippen LogP contribution in [0.1, 0.15) is 29.5 Å². The molecule has 0 saturated heterocycles. The number of halogens is 1. The fourth-order valence-electron chi connectivity index (χ4n) is 1.70. The van der Waals surface area contributed by atoms with Crippen LogP contribution in [-0.2, 0) is 6.42 Å². The smallest absolute Gasteiger partial charge is 0.170 e. The number of imidazole rings is 1. The molecular weight excluding hydrogens is 212 g/mol. The Kier molecular flexibility index (Phi) is 2.73. The van der Waals surface area contributed by atoms with E-state index in [1.165, 1.54) is 0 Å². The van der Waals surface area contributed by atoms with Gasteiger partial charge in [0.05, 0.1) is 5.69 Å². The lowest BCUT2D eigenvalue weighted by molar-refractivity contribution is 0.111. The summed E-state index contributed by atoms with van der Waals surface area (Å²) < 4.78 is 1.83. The van der Waals surface area contributed by atoms with E-state index in [4.69, 9.17) is 11.6 Å². The zero-order valence-electron chi connectivity index (χ0n) is 8.40. The Hall–Kier alpha value is -1.35. The molecule has 78 valence electrons. The fraction of sp³-hybridized carbons (Fsp3) is 0.273. The molecule has 0 atom stereocenters. The van der Waals surface area contributed by atoms with Crippen LogP contribution in [0.3, 0.4) is 0 Å². The van der Waals surface area contributed by atoms with E-state index in [2.05, 4.69) is 11.9 Å². The standard InChI is InChI=1S/C11H11ClN2O/c1-2-4-9-8(7-15)13-11-6-3-5-10(12)14(9)11/h3,5-7H,2,4H2,1H3. The highest BCUT2D eigenvalue weighted by atomic mass is 35.5. The summed E-state index contributed by atoms with van der Waals surface area (Å²) >= 11 is 6.08. The normalized spacial score (nSPS) is 10.8. The van der Waals surface area contributed by atoms with Crippen LogP contribution in [0.25, 0.3) is 5.65 Å². The van der Waals surface area contributed by atoms with E-state index in [-0.39, 0.29) is 0 Å². The molecule has 0 aliphatic rings. The van der Waals surface area contributed by atoms with E-state index in [9.17, 15) is 4.79 Å². The van der Waals surface area contributed by atoms with Gasteiger partial charge in [-0.1, -0.05) is 31.0 Å². The molecule has 0 fully saturated rings. The van der Waals surface area contributed by atoms with E-state index in [1.807, 2.05) is 16.5 Å². The van der Waals surface area contributed by atoms with Gasteiger partial charge in [-0.15, -0.1) is 0 Å². The molecule has 2 aromatic heterocycles. The lowest BCUT2D eigenvalue weighted by atomic mass is 10.2. The molecule has 15 heavy (non-hydrogen) atoms. The maximum Gasteiger partial charge on any atom is 0.170 e. The summed E-state index contributed by atoms with van der Waals surface area (Å²) in [5.74, 6) is 0. The van der Waals surface area contributed by atoms with Crippen molar-refractivity contribution in [2.24, 2.45) is 0 Å². The van der Waals surface area contributed by atoms with Gasteiger partial charge in [0.2, 0.25) is 0 Å². The second-order valence-corrected chi connectivity index (χ2v) is 3.74. The van der Waals surface area contributed by atoms with Crippen LogP contribution in [0.4, 0.5) is 0 Å². The Morgan fingerprint density at radius 1 is 1.53 bits per heavy atom. The Bertz CT molecular complexity index is 505. The zero-order chi connectivity index (χ0) is 10.8. The van der Waals surface area contributed by atoms with Gasteiger partial charge < -0.3 is 0 Å². The van der Waals surface area contributed by atoms with Crippen molar-refractivity contribution in [3.8, 4) is 0 Å². The molecular formula is C11H11ClN2O. The van der Waals surface area contributed by atoms with Crippen LogP contribution in [0.2, 0.25) is 5.15 Å². The monoisotopic (exact) mass is 222 g/mol.